The van der Waals surface area contributed by atoms with E-state index < -0.39 is 0 Å². The number of hydrogen-bond acceptors (Lipinski definition) is 3. The second kappa shape index (κ2) is 4.75. The Kier molecular flexibility index (Phi) is 3.33. The van der Waals surface area contributed by atoms with Gasteiger partial charge in [0.1, 0.15) is 11.5 Å². The molecule has 0 aliphatic heterocycles. The second-order valence-corrected chi connectivity index (χ2v) is 4.60. The molecule has 0 fully saturated rings. The zero-order valence-corrected chi connectivity index (χ0v) is 10.8. The van der Waals surface area contributed by atoms with Crippen LogP contribution in [0.4, 0.5) is 0 Å². The van der Waals surface area contributed by atoms with E-state index >= 15 is 0 Å². The van der Waals surface area contributed by atoms with Gasteiger partial charge in [-0.3, -0.25) is 4.68 Å². The number of hydrogen-bond donors (Lipinski definition) is 1. The summed E-state index contributed by atoms with van der Waals surface area (Å²) in [6.07, 6.45) is 1.98. The van der Waals surface area contributed by atoms with Crippen LogP contribution in [0.1, 0.15) is 25.3 Å². The van der Waals surface area contributed by atoms with Gasteiger partial charge in [-0.2, -0.15) is 5.10 Å². The molecule has 0 unspecified atom stereocenters. The molecule has 1 N–H and O–H groups in total. The Labute approximate surface area is 102 Å². The molecule has 0 saturated heterocycles. The summed E-state index contributed by atoms with van der Waals surface area (Å²) in [5.41, 5.74) is 2.05. The van der Waals surface area contributed by atoms with Gasteiger partial charge in [-0.05, 0) is 19.1 Å². The van der Waals surface area contributed by atoms with Crippen molar-refractivity contribution in [1.82, 2.24) is 15.1 Å². The molecule has 0 spiro atoms. The second-order valence-electron chi connectivity index (χ2n) is 4.60. The van der Waals surface area contributed by atoms with Crippen molar-refractivity contribution in [3.8, 4) is 11.3 Å². The van der Waals surface area contributed by atoms with E-state index in [1.54, 1.807) is 4.68 Å². The Balaban J connectivity index is 2.15. The molecular weight excluding hydrogens is 214 g/mol. The minimum atomic E-state index is 0.462. The van der Waals surface area contributed by atoms with Gasteiger partial charge in [-0.1, -0.05) is 13.8 Å². The van der Waals surface area contributed by atoms with Gasteiger partial charge in [0, 0.05) is 19.3 Å². The lowest BCUT2D eigenvalue weighted by Crippen LogP contribution is -2.21. The molecule has 0 radical (unpaired) electrons. The first-order valence-corrected chi connectivity index (χ1v) is 5.89. The largest absolute Gasteiger partial charge is 0.460 e. The first-order chi connectivity index (χ1) is 8.06. The highest BCUT2D eigenvalue weighted by molar-refractivity contribution is 5.59. The van der Waals surface area contributed by atoms with Gasteiger partial charge in [-0.25, -0.2) is 0 Å². The van der Waals surface area contributed by atoms with Crippen LogP contribution in [0.3, 0.4) is 0 Å². The van der Waals surface area contributed by atoms with E-state index in [0.29, 0.717) is 6.04 Å². The van der Waals surface area contributed by atoms with Crippen LogP contribution in [0.5, 0.6) is 0 Å². The molecule has 0 saturated carbocycles. The van der Waals surface area contributed by atoms with Crippen LogP contribution in [0.2, 0.25) is 0 Å². The van der Waals surface area contributed by atoms with Crippen molar-refractivity contribution >= 4 is 0 Å². The zero-order valence-electron chi connectivity index (χ0n) is 10.8. The summed E-state index contributed by atoms with van der Waals surface area (Å²) >= 11 is 0. The summed E-state index contributed by atoms with van der Waals surface area (Å²) in [5.74, 6) is 1.84. The molecule has 0 bridgehead atoms. The number of nitrogens with one attached hydrogen (secondary N) is 1. The highest BCUT2D eigenvalue weighted by atomic mass is 16.3. The van der Waals surface area contributed by atoms with Crippen LogP contribution >= 0.6 is 0 Å². The fourth-order valence-electron chi connectivity index (χ4n) is 1.76. The van der Waals surface area contributed by atoms with Crippen molar-refractivity contribution in [2.75, 3.05) is 0 Å². The van der Waals surface area contributed by atoms with Gasteiger partial charge < -0.3 is 9.73 Å². The van der Waals surface area contributed by atoms with Gasteiger partial charge in [0.05, 0.1) is 17.8 Å². The molecule has 4 nitrogen and oxygen atoms in total. The maximum Gasteiger partial charge on any atom is 0.137 e. The first kappa shape index (κ1) is 11.9. The Hall–Kier alpha value is -1.55. The van der Waals surface area contributed by atoms with E-state index in [-0.39, 0.29) is 0 Å². The summed E-state index contributed by atoms with van der Waals surface area (Å²) in [6, 6.07) is 4.47. The molecule has 0 aliphatic carbocycles. The number of rotatable bonds is 4. The van der Waals surface area contributed by atoms with Crippen LogP contribution in [0.25, 0.3) is 11.3 Å². The van der Waals surface area contributed by atoms with Gasteiger partial charge in [-0.15, -0.1) is 0 Å². The number of furan rings is 1. The minimum Gasteiger partial charge on any atom is -0.460 e. The van der Waals surface area contributed by atoms with Crippen LogP contribution in [0, 0.1) is 6.92 Å². The van der Waals surface area contributed by atoms with E-state index in [4.69, 9.17) is 4.42 Å². The average Bonchev–Trinajstić information content (AvgIpc) is 2.82. The summed E-state index contributed by atoms with van der Waals surface area (Å²) in [4.78, 5) is 0. The van der Waals surface area contributed by atoms with E-state index in [9.17, 15) is 0 Å². The predicted molar refractivity (Wildman–Crippen MR) is 67.6 cm³/mol. The lowest BCUT2D eigenvalue weighted by Gasteiger charge is -2.04. The van der Waals surface area contributed by atoms with Crippen LogP contribution in [-0.2, 0) is 13.6 Å². The molecule has 2 rings (SSSR count). The van der Waals surface area contributed by atoms with Crippen molar-refractivity contribution < 1.29 is 4.42 Å². The van der Waals surface area contributed by atoms with Gasteiger partial charge in [0.15, 0.2) is 0 Å². The lowest BCUT2D eigenvalue weighted by atomic mass is 10.2. The SMILES string of the molecule is Cc1nn(C)cc1-c1ccc(CNC(C)C)o1. The van der Waals surface area contributed by atoms with Crippen LogP contribution in [0.15, 0.2) is 22.7 Å². The fourth-order valence-corrected chi connectivity index (χ4v) is 1.76. The van der Waals surface area contributed by atoms with E-state index in [2.05, 4.69) is 24.3 Å². The standard InChI is InChI=1S/C13H19N3O/c1-9(2)14-7-11-5-6-13(17-11)12-8-16(4)15-10(12)3/h5-6,8-9,14H,7H2,1-4H3. The monoisotopic (exact) mass is 233 g/mol. The van der Waals surface area contributed by atoms with Crippen molar-refractivity contribution in [3.05, 3.63) is 29.8 Å². The Morgan fingerprint density at radius 2 is 2.18 bits per heavy atom. The normalized spacial score (nSPS) is 11.4. The van der Waals surface area contributed by atoms with Gasteiger partial charge in [0.25, 0.3) is 0 Å². The summed E-state index contributed by atoms with van der Waals surface area (Å²) < 4.78 is 7.60. The topological polar surface area (TPSA) is 43.0 Å². The van der Waals surface area contributed by atoms with E-state index in [0.717, 1.165) is 29.3 Å². The third kappa shape index (κ3) is 2.77. The fraction of sp³-hybridized carbons (Fsp3) is 0.462. The average molecular weight is 233 g/mol. The van der Waals surface area contributed by atoms with Crippen molar-refractivity contribution in [3.63, 3.8) is 0 Å². The molecule has 0 amide bonds. The van der Waals surface area contributed by atoms with Gasteiger partial charge in [0.2, 0.25) is 0 Å². The molecule has 92 valence electrons. The summed E-state index contributed by atoms with van der Waals surface area (Å²) in [7, 11) is 1.92. The molecule has 2 heterocycles. The lowest BCUT2D eigenvalue weighted by molar-refractivity contribution is 0.473. The third-order valence-electron chi connectivity index (χ3n) is 2.63. The maximum atomic E-state index is 5.80. The predicted octanol–water partition coefficient (Wildman–Crippen LogP) is 2.49. The van der Waals surface area contributed by atoms with Crippen LogP contribution < -0.4 is 5.32 Å². The highest BCUT2D eigenvalue weighted by Gasteiger charge is 2.10. The minimum absolute atomic E-state index is 0.462. The number of aromatic nitrogens is 2. The molecule has 2 aromatic rings. The Morgan fingerprint density at radius 3 is 2.76 bits per heavy atom. The number of aryl methyl sites for hydroxylation is 2. The molecule has 0 atom stereocenters. The van der Waals surface area contributed by atoms with Crippen molar-refractivity contribution in [2.24, 2.45) is 7.05 Å². The highest BCUT2D eigenvalue weighted by Crippen LogP contribution is 2.24. The molecule has 2 aromatic heterocycles. The maximum absolute atomic E-state index is 5.80. The van der Waals surface area contributed by atoms with Crippen molar-refractivity contribution in [1.29, 1.82) is 0 Å². The molecule has 0 aliphatic rings. The summed E-state index contributed by atoms with van der Waals surface area (Å²) in [5, 5.41) is 7.64. The summed E-state index contributed by atoms with van der Waals surface area (Å²) in [6.45, 7) is 6.99. The quantitative estimate of drug-likeness (QED) is 0.882. The Morgan fingerprint density at radius 1 is 1.41 bits per heavy atom. The molecule has 17 heavy (non-hydrogen) atoms. The van der Waals surface area contributed by atoms with E-state index in [1.807, 2.05) is 32.3 Å². The van der Waals surface area contributed by atoms with Crippen LogP contribution in [-0.4, -0.2) is 15.8 Å². The van der Waals surface area contributed by atoms with Gasteiger partial charge >= 0.3 is 0 Å². The first-order valence-electron chi connectivity index (χ1n) is 5.89. The molecule has 4 heteroatoms. The zero-order chi connectivity index (χ0) is 12.4. The van der Waals surface area contributed by atoms with E-state index in [1.165, 1.54) is 0 Å². The number of nitrogens with zero attached hydrogens (tertiary/aromatic N) is 2. The third-order valence-corrected chi connectivity index (χ3v) is 2.63. The molecular formula is C13H19N3O. The van der Waals surface area contributed by atoms with Crippen molar-refractivity contribution in [2.45, 2.75) is 33.4 Å². The smallest absolute Gasteiger partial charge is 0.137 e. The molecule has 0 aromatic carbocycles. The Bertz CT molecular complexity index is 496.